The second kappa shape index (κ2) is 7.16. The fourth-order valence-corrected chi connectivity index (χ4v) is 5.48. The molecule has 2 aromatic carbocycles. The summed E-state index contributed by atoms with van der Waals surface area (Å²) in [4.78, 5) is 25.5. The molecule has 0 fully saturated rings. The number of fused-ring (bicyclic) bond motifs is 2. The van der Waals surface area contributed by atoms with Crippen molar-refractivity contribution in [2.75, 3.05) is 5.32 Å². The Morgan fingerprint density at radius 3 is 2.66 bits per heavy atom. The lowest BCUT2D eigenvalue weighted by atomic mass is 10.1. The highest BCUT2D eigenvalue weighted by atomic mass is 32.2. The maximum atomic E-state index is 13.1. The summed E-state index contributed by atoms with van der Waals surface area (Å²) in [6.45, 7) is 3.88. The number of carbonyl (C=O) groups is 1. The third kappa shape index (κ3) is 3.40. The first kappa shape index (κ1) is 20.2. The van der Waals surface area contributed by atoms with Gasteiger partial charge in [0.1, 0.15) is 17.0 Å². The van der Waals surface area contributed by atoms with Gasteiger partial charge in [-0.1, -0.05) is 35.9 Å². The van der Waals surface area contributed by atoms with Crippen molar-refractivity contribution in [1.29, 1.82) is 0 Å². The van der Waals surface area contributed by atoms with E-state index in [-0.39, 0.29) is 22.9 Å². The Hall–Kier alpha value is -3.72. The Kier molecular flexibility index (Phi) is 4.52. The Morgan fingerprint density at radius 1 is 1.09 bits per heavy atom. The number of hydrogen-bond acceptors (Lipinski definition) is 6. The molecule has 0 saturated heterocycles. The van der Waals surface area contributed by atoms with Crippen LogP contribution in [0.3, 0.4) is 0 Å². The van der Waals surface area contributed by atoms with Gasteiger partial charge in [0.15, 0.2) is 9.84 Å². The number of aromatic nitrogens is 2. The first-order valence-corrected chi connectivity index (χ1v) is 11.8. The fourth-order valence-electron chi connectivity index (χ4n) is 3.98. The molecule has 5 rings (SSSR count). The maximum absolute atomic E-state index is 13.1. The average molecular weight is 449 g/mol. The van der Waals surface area contributed by atoms with Gasteiger partial charge in [-0.2, -0.15) is 5.10 Å². The predicted octanol–water partition coefficient (Wildman–Crippen LogP) is 3.28. The Labute approximate surface area is 183 Å². The summed E-state index contributed by atoms with van der Waals surface area (Å²) in [5.74, 6) is -0.871. The number of benzene rings is 2. The van der Waals surface area contributed by atoms with Gasteiger partial charge in [-0.3, -0.25) is 4.79 Å². The van der Waals surface area contributed by atoms with Crippen LogP contribution in [0.5, 0.6) is 0 Å². The molecule has 162 valence electrons. The quantitative estimate of drug-likeness (QED) is 0.481. The lowest BCUT2D eigenvalue weighted by Gasteiger charge is -2.13. The van der Waals surface area contributed by atoms with Crippen molar-refractivity contribution in [3.63, 3.8) is 0 Å². The van der Waals surface area contributed by atoms with Crippen LogP contribution in [0.15, 0.2) is 57.7 Å². The van der Waals surface area contributed by atoms with Crippen molar-refractivity contribution >= 4 is 32.5 Å². The van der Waals surface area contributed by atoms with Crippen molar-refractivity contribution < 1.29 is 17.6 Å². The number of carbonyl (C=O) groups excluding carboxylic acids is 1. The number of sulfone groups is 1. The molecular formula is C23H19N3O5S. The highest BCUT2D eigenvalue weighted by Gasteiger charge is 2.34. The van der Waals surface area contributed by atoms with Crippen molar-refractivity contribution in [3.05, 3.63) is 86.9 Å². The van der Waals surface area contributed by atoms with Crippen LogP contribution in [-0.4, -0.2) is 24.1 Å². The largest absolute Gasteiger partial charge is 0.422 e. The fraction of sp³-hybridized carbons (Fsp3) is 0.174. The summed E-state index contributed by atoms with van der Waals surface area (Å²) in [5.41, 5.74) is 2.94. The lowest BCUT2D eigenvalue weighted by Crippen LogP contribution is -2.23. The van der Waals surface area contributed by atoms with Crippen molar-refractivity contribution in [2.24, 2.45) is 0 Å². The standard InChI is InChI=1S/C23H19N3O5S/c1-13-7-8-19(14(2)9-13)26-21(17-11-32(29,30)12-18(17)25-26)24-22(27)16-10-15-5-3-4-6-20(15)31-23(16)28/h3-10H,11-12H2,1-2H3,(H,24,27). The van der Waals surface area contributed by atoms with Gasteiger partial charge in [-0.05, 0) is 37.6 Å². The molecule has 1 aliphatic rings. The summed E-state index contributed by atoms with van der Waals surface area (Å²) in [6, 6.07) is 14.1. The summed E-state index contributed by atoms with van der Waals surface area (Å²) in [7, 11) is -3.35. The highest BCUT2D eigenvalue weighted by molar-refractivity contribution is 7.90. The molecule has 0 unspecified atom stereocenters. The van der Waals surface area contributed by atoms with E-state index in [2.05, 4.69) is 10.4 Å². The summed E-state index contributed by atoms with van der Waals surface area (Å²) in [6.07, 6.45) is 0. The molecule has 1 N–H and O–H groups in total. The topological polar surface area (TPSA) is 111 Å². The van der Waals surface area contributed by atoms with Gasteiger partial charge < -0.3 is 9.73 Å². The van der Waals surface area contributed by atoms with Crippen molar-refractivity contribution in [1.82, 2.24) is 9.78 Å². The monoisotopic (exact) mass is 449 g/mol. The molecule has 9 heteroatoms. The number of nitrogens with zero attached hydrogens (tertiary/aromatic N) is 2. The SMILES string of the molecule is Cc1ccc(-n2nc3c(c2NC(=O)c2cc4ccccc4oc2=O)CS(=O)(=O)C3)c(C)c1. The number of hydrogen-bond donors (Lipinski definition) is 1. The molecule has 1 aliphatic heterocycles. The zero-order chi connectivity index (χ0) is 22.6. The van der Waals surface area contributed by atoms with Crippen LogP contribution in [0.1, 0.15) is 32.7 Å². The van der Waals surface area contributed by atoms with Gasteiger partial charge in [0.2, 0.25) is 0 Å². The van der Waals surface area contributed by atoms with Crippen LogP contribution in [0.25, 0.3) is 16.7 Å². The molecule has 1 amide bonds. The number of rotatable bonds is 3. The number of aryl methyl sites for hydroxylation is 2. The van der Waals surface area contributed by atoms with Crippen molar-refractivity contribution in [3.8, 4) is 5.69 Å². The van der Waals surface area contributed by atoms with E-state index in [0.29, 0.717) is 27.9 Å². The normalized spacial score (nSPS) is 14.4. The highest BCUT2D eigenvalue weighted by Crippen LogP contribution is 2.34. The Morgan fingerprint density at radius 2 is 1.88 bits per heavy atom. The molecule has 32 heavy (non-hydrogen) atoms. The van der Waals surface area contributed by atoms with Crippen LogP contribution in [0, 0.1) is 13.8 Å². The Balaban J connectivity index is 1.62. The molecule has 0 spiro atoms. The molecule has 2 aromatic heterocycles. The minimum atomic E-state index is -3.35. The third-order valence-electron chi connectivity index (χ3n) is 5.49. The summed E-state index contributed by atoms with van der Waals surface area (Å²) in [5, 5.41) is 7.82. The zero-order valence-electron chi connectivity index (χ0n) is 17.4. The van der Waals surface area contributed by atoms with Crippen LogP contribution in [-0.2, 0) is 21.3 Å². The molecule has 4 aromatic rings. The van der Waals surface area contributed by atoms with E-state index in [9.17, 15) is 18.0 Å². The molecule has 0 radical (unpaired) electrons. The first-order valence-electron chi connectivity index (χ1n) is 9.95. The van der Waals surface area contributed by atoms with E-state index in [1.165, 1.54) is 10.7 Å². The van der Waals surface area contributed by atoms with Crippen LogP contribution in [0.2, 0.25) is 0 Å². The number of para-hydroxylation sites is 1. The van der Waals surface area contributed by atoms with Gasteiger partial charge in [0.05, 0.1) is 22.9 Å². The van der Waals surface area contributed by atoms with E-state index >= 15 is 0 Å². The van der Waals surface area contributed by atoms with E-state index in [4.69, 9.17) is 4.42 Å². The second-order valence-corrected chi connectivity index (χ2v) is 10.0. The van der Waals surface area contributed by atoms with Crippen LogP contribution in [0.4, 0.5) is 5.82 Å². The second-order valence-electron chi connectivity index (χ2n) is 7.95. The van der Waals surface area contributed by atoms with Gasteiger partial charge >= 0.3 is 5.63 Å². The number of amides is 1. The van der Waals surface area contributed by atoms with Crippen LogP contribution < -0.4 is 10.9 Å². The zero-order valence-corrected chi connectivity index (χ0v) is 18.2. The first-order chi connectivity index (χ1) is 15.2. The predicted molar refractivity (Wildman–Crippen MR) is 120 cm³/mol. The summed E-state index contributed by atoms with van der Waals surface area (Å²) >= 11 is 0. The molecular weight excluding hydrogens is 430 g/mol. The van der Waals surface area contributed by atoms with Gasteiger partial charge in [0, 0.05) is 10.9 Å². The molecule has 0 saturated carbocycles. The molecule has 0 atom stereocenters. The van der Waals surface area contributed by atoms with Crippen molar-refractivity contribution in [2.45, 2.75) is 25.4 Å². The van der Waals surface area contributed by atoms with Gasteiger partial charge in [0.25, 0.3) is 5.91 Å². The van der Waals surface area contributed by atoms with E-state index < -0.39 is 21.4 Å². The molecule has 0 bridgehead atoms. The van der Waals surface area contributed by atoms with E-state index in [1.807, 2.05) is 32.0 Å². The van der Waals surface area contributed by atoms with Gasteiger partial charge in [-0.15, -0.1) is 0 Å². The maximum Gasteiger partial charge on any atom is 0.349 e. The number of anilines is 1. The molecule has 8 nitrogen and oxygen atoms in total. The van der Waals surface area contributed by atoms with E-state index in [1.54, 1.807) is 24.3 Å². The third-order valence-corrected chi connectivity index (χ3v) is 6.93. The lowest BCUT2D eigenvalue weighted by molar-refractivity contribution is 0.102. The molecule has 0 aliphatic carbocycles. The van der Waals surface area contributed by atoms with Gasteiger partial charge in [-0.25, -0.2) is 17.9 Å². The smallest absolute Gasteiger partial charge is 0.349 e. The average Bonchev–Trinajstić information content (AvgIpc) is 3.19. The molecule has 3 heterocycles. The Bertz CT molecular complexity index is 1580. The van der Waals surface area contributed by atoms with Crippen LogP contribution >= 0.6 is 0 Å². The summed E-state index contributed by atoms with van der Waals surface area (Å²) < 4.78 is 31.2. The minimum absolute atomic E-state index is 0.174. The van der Waals surface area contributed by atoms with E-state index in [0.717, 1.165) is 11.1 Å². The minimum Gasteiger partial charge on any atom is -0.422 e. The number of nitrogens with one attached hydrogen (secondary N) is 1.